The van der Waals surface area contributed by atoms with E-state index in [4.69, 9.17) is 0 Å². The van der Waals surface area contributed by atoms with E-state index in [1.165, 1.54) is 11.6 Å². The summed E-state index contributed by atoms with van der Waals surface area (Å²) in [5.41, 5.74) is 5.46. The van der Waals surface area contributed by atoms with Crippen molar-refractivity contribution in [2.24, 2.45) is 0 Å². The largest absolute Gasteiger partial charge is 0.336 e. The number of pyridine rings is 1. The van der Waals surface area contributed by atoms with Gasteiger partial charge in [-0.3, -0.25) is 4.98 Å². The van der Waals surface area contributed by atoms with E-state index in [1.807, 2.05) is 49.5 Å². The molecule has 118 valence electrons. The lowest BCUT2D eigenvalue weighted by molar-refractivity contribution is 0.629. The highest BCUT2D eigenvalue weighted by Gasteiger charge is 2.16. The molecule has 2 aromatic carbocycles. The van der Waals surface area contributed by atoms with Crippen molar-refractivity contribution < 1.29 is 4.39 Å². The van der Waals surface area contributed by atoms with Crippen LogP contribution >= 0.6 is 0 Å². The molecule has 0 atom stereocenters. The molecule has 0 aliphatic carbocycles. The highest BCUT2D eigenvalue weighted by molar-refractivity contribution is 5.91. The van der Waals surface area contributed by atoms with E-state index in [1.54, 1.807) is 12.3 Å². The molecule has 0 aliphatic rings. The predicted molar refractivity (Wildman–Crippen MR) is 95.4 cm³/mol. The molecule has 0 amide bonds. The Hall–Kier alpha value is -2.94. The van der Waals surface area contributed by atoms with Gasteiger partial charge in [0, 0.05) is 35.4 Å². The highest BCUT2D eigenvalue weighted by atomic mass is 19.1. The SMILES string of the molecule is Cc1c(-c2cccnc2)n(Cc2ccccc2)c2ccc(F)cc12. The van der Waals surface area contributed by atoms with Gasteiger partial charge >= 0.3 is 0 Å². The Kier molecular flexibility index (Phi) is 3.62. The van der Waals surface area contributed by atoms with Crippen molar-refractivity contribution in [1.82, 2.24) is 9.55 Å². The zero-order valence-electron chi connectivity index (χ0n) is 13.4. The van der Waals surface area contributed by atoms with Gasteiger partial charge in [-0.1, -0.05) is 30.3 Å². The smallest absolute Gasteiger partial charge is 0.123 e. The van der Waals surface area contributed by atoms with E-state index in [-0.39, 0.29) is 5.82 Å². The van der Waals surface area contributed by atoms with Crippen LogP contribution in [-0.4, -0.2) is 9.55 Å². The Labute approximate surface area is 140 Å². The first-order valence-corrected chi connectivity index (χ1v) is 7.97. The molecule has 0 saturated carbocycles. The monoisotopic (exact) mass is 316 g/mol. The van der Waals surface area contributed by atoms with Crippen molar-refractivity contribution >= 4 is 10.9 Å². The number of nitrogens with zero attached hydrogens (tertiary/aromatic N) is 2. The topological polar surface area (TPSA) is 17.8 Å². The molecule has 0 spiro atoms. The second-order valence-electron chi connectivity index (χ2n) is 5.95. The van der Waals surface area contributed by atoms with Crippen LogP contribution in [0.2, 0.25) is 0 Å². The van der Waals surface area contributed by atoms with Crippen LogP contribution < -0.4 is 0 Å². The van der Waals surface area contributed by atoms with Crippen LogP contribution in [0.25, 0.3) is 22.2 Å². The summed E-state index contributed by atoms with van der Waals surface area (Å²) in [5, 5.41) is 0.949. The van der Waals surface area contributed by atoms with Crippen LogP contribution in [0.1, 0.15) is 11.1 Å². The molecule has 0 aliphatic heterocycles. The molecule has 0 N–H and O–H groups in total. The molecular weight excluding hydrogens is 299 g/mol. The minimum absolute atomic E-state index is 0.208. The first-order chi connectivity index (χ1) is 11.7. The molecule has 0 bridgehead atoms. The number of rotatable bonds is 3. The second-order valence-corrected chi connectivity index (χ2v) is 5.95. The normalized spacial score (nSPS) is 11.1. The fourth-order valence-electron chi connectivity index (χ4n) is 3.30. The summed E-state index contributed by atoms with van der Waals surface area (Å²) in [6.07, 6.45) is 3.63. The summed E-state index contributed by atoms with van der Waals surface area (Å²) in [7, 11) is 0. The lowest BCUT2D eigenvalue weighted by Gasteiger charge is -2.12. The summed E-state index contributed by atoms with van der Waals surface area (Å²) < 4.78 is 16.0. The average Bonchev–Trinajstić information content (AvgIpc) is 2.88. The number of aromatic nitrogens is 2. The lowest BCUT2D eigenvalue weighted by atomic mass is 10.1. The summed E-state index contributed by atoms with van der Waals surface area (Å²) in [5.74, 6) is -0.208. The van der Waals surface area contributed by atoms with Gasteiger partial charge in [0.25, 0.3) is 0 Å². The van der Waals surface area contributed by atoms with Crippen molar-refractivity contribution in [3.63, 3.8) is 0 Å². The molecule has 0 fully saturated rings. The van der Waals surface area contributed by atoms with E-state index in [9.17, 15) is 4.39 Å². The first-order valence-electron chi connectivity index (χ1n) is 7.97. The summed E-state index contributed by atoms with van der Waals surface area (Å²) in [4.78, 5) is 4.25. The standard InChI is InChI=1S/C21H17FN2/c1-15-19-12-18(22)9-10-20(19)24(14-16-6-3-2-4-7-16)21(15)17-8-5-11-23-13-17/h2-13H,14H2,1H3. The summed E-state index contributed by atoms with van der Waals surface area (Å²) in [6, 6.07) is 19.3. The highest BCUT2D eigenvalue weighted by Crippen LogP contribution is 2.34. The van der Waals surface area contributed by atoms with Gasteiger partial charge in [-0.25, -0.2) is 4.39 Å². The molecule has 2 aromatic heterocycles. The van der Waals surface area contributed by atoms with Crippen LogP contribution in [0.5, 0.6) is 0 Å². The number of hydrogen-bond acceptors (Lipinski definition) is 1. The lowest BCUT2D eigenvalue weighted by Crippen LogP contribution is -2.02. The van der Waals surface area contributed by atoms with Crippen LogP contribution in [0.3, 0.4) is 0 Å². The Morgan fingerprint density at radius 3 is 2.58 bits per heavy atom. The molecule has 4 rings (SSSR count). The Balaban J connectivity index is 1.99. The van der Waals surface area contributed by atoms with Gasteiger partial charge in [0.2, 0.25) is 0 Å². The van der Waals surface area contributed by atoms with Crippen LogP contribution in [0.4, 0.5) is 4.39 Å². The predicted octanol–water partition coefficient (Wildman–Crippen LogP) is 5.20. The van der Waals surface area contributed by atoms with E-state index < -0.39 is 0 Å². The third kappa shape index (κ3) is 2.48. The molecule has 2 heterocycles. The van der Waals surface area contributed by atoms with E-state index in [0.29, 0.717) is 0 Å². The Bertz CT molecular complexity index is 989. The molecule has 24 heavy (non-hydrogen) atoms. The minimum atomic E-state index is -0.208. The Morgan fingerprint density at radius 1 is 1.00 bits per heavy atom. The van der Waals surface area contributed by atoms with Crippen molar-refractivity contribution in [1.29, 1.82) is 0 Å². The van der Waals surface area contributed by atoms with Crippen molar-refractivity contribution in [2.45, 2.75) is 13.5 Å². The van der Waals surface area contributed by atoms with Gasteiger partial charge in [-0.2, -0.15) is 0 Å². The zero-order chi connectivity index (χ0) is 16.5. The molecule has 3 heteroatoms. The number of halogens is 1. The average molecular weight is 316 g/mol. The molecule has 0 unspecified atom stereocenters. The number of hydrogen-bond donors (Lipinski definition) is 0. The van der Waals surface area contributed by atoms with Gasteiger partial charge < -0.3 is 4.57 Å². The molecular formula is C21H17FN2. The first kappa shape index (κ1) is 14.6. The van der Waals surface area contributed by atoms with Gasteiger partial charge in [-0.15, -0.1) is 0 Å². The summed E-state index contributed by atoms with van der Waals surface area (Å²) in [6.45, 7) is 2.78. The third-order valence-electron chi connectivity index (χ3n) is 4.40. The maximum Gasteiger partial charge on any atom is 0.123 e. The number of benzene rings is 2. The van der Waals surface area contributed by atoms with Crippen molar-refractivity contribution in [3.05, 3.63) is 90.0 Å². The van der Waals surface area contributed by atoms with Gasteiger partial charge in [-0.05, 0) is 48.4 Å². The van der Waals surface area contributed by atoms with E-state index in [2.05, 4.69) is 21.7 Å². The fraction of sp³-hybridized carbons (Fsp3) is 0.0952. The maximum absolute atomic E-state index is 13.8. The van der Waals surface area contributed by atoms with Gasteiger partial charge in [0.05, 0.1) is 5.69 Å². The number of fused-ring (bicyclic) bond motifs is 1. The van der Waals surface area contributed by atoms with Gasteiger partial charge in [0.15, 0.2) is 0 Å². The molecule has 4 aromatic rings. The van der Waals surface area contributed by atoms with Crippen LogP contribution in [0.15, 0.2) is 73.1 Å². The van der Waals surface area contributed by atoms with E-state index in [0.717, 1.165) is 34.3 Å². The zero-order valence-corrected chi connectivity index (χ0v) is 13.4. The van der Waals surface area contributed by atoms with Crippen LogP contribution in [-0.2, 0) is 6.54 Å². The quantitative estimate of drug-likeness (QED) is 0.508. The third-order valence-corrected chi connectivity index (χ3v) is 4.40. The maximum atomic E-state index is 13.8. The summed E-state index contributed by atoms with van der Waals surface area (Å²) >= 11 is 0. The Morgan fingerprint density at radius 2 is 1.83 bits per heavy atom. The molecule has 0 saturated heterocycles. The van der Waals surface area contributed by atoms with Crippen molar-refractivity contribution in [3.8, 4) is 11.3 Å². The van der Waals surface area contributed by atoms with Crippen molar-refractivity contribution in [2.75, 3.05) is 0 Å². The minimum Gasteiger partial charge on any atom is -0.336 e. The molecule has 2 nitrogen and oxygen atoms in total. The second kappa shape index (κ2) is 5.93. The fourth-order valence-corrected chi connectivity index (χ4v) is 3.30. The molecule has 0 radical (unpaired) electrons. The van der Waals surface area contributed by atoms with Crippen LogP contribution in [0, 0.1) is 12.7 Å². The van der Waals surface area contributed by atoms with Gasteiger partial charge in [0.1, 0.15) is 5.82 Å². The van der Waals surface area contributed by atoms with E-state index >= 15 is 0 Å². The number of aryl methyl sites for hydroxylation is 1.